The van der Waals surface area contributed by atoms with E-state index < -0.39 is 6.09 Å². The van der Waals surface area contributed by atoms with Crippen LogP contribution in [0.15, 0.2) is 108 Å². The second kappa shape index (κ2) is 10.1. The Labute approximate surface area is 196 Å². The number of hydrogen-bond donors (Lipinski definition) is 1. The number of benzene rings is 4. The van der Waals surface area contributed by atoms with Crippen molar-refractivity contribution in [1.29, 1.82) is 0 Å². The molecule has 1 amide bonds. The third kappa shape index (κ3) is 5.35. The number of anilines is 1. The smallest absolute Gasteiger partial charge is 0.297 e. The van der Waals surface area contributed by atoms with Crippen molar-refractivity contribution in [2.45, 2.75) is 0 Å². The highest BCUT2D eigenvalue weighted by molar-refractivity contribution is 6.42. The maximum Gasteiger partial charge on any atom is 0.437 e. The minimum atomic E-state index is -0.738. The Kier molecular flexibility index (Phi) is 6.85. The van der Waals surface area contributed by atoms with E-state index in [0.717, 1.165) is 22.3 Å². The van der Waals surface area contributed by atoms with E-state index in [1.165, 1.54) is 6.07 Å². The van der Waals surface area contributed by atoms with Crippen molar-refractivity contribution < 1.29 is 9.63 Å². The number of hydrogen-bond acceptors (Lipinski definition) is 3. The Morgan fingerprint density at radius 2 is 1.28 bits per heavy atom. The summed E-state index contributed by atoms with van der Waals surface area (Å²) >= 11 is 11.9. The number of carbonyl (C=O) groups excluding carboxylic acids is 1. The van der Waals surface area contributed by atoms with Crippen molar-refractivity contribution in [3.63, 3.8) is 0 Å². The van der Waals surface area contributed by atoms with E-state index in [4.69, 9.17) is 28.0 Å². The molecule has 0 radical (unpaired) electrons. The van der Waals surface area contributed by atoms with Crippen LogP contribution in [0.5, 0.6) is 0 Å². The lowest BCUT2D eigenvalue weighted by Gasteiger charge is -2.09. The van der Waals surface area contributed by atoms with Crippen LogP contribution in [0, 0.1) is 0 Å². The maximum absolute atomic E-state index is 12.3. The van der Waals surface area contributed by atoms with Crippen LogP contribution in [0.4, 0.5) is 10.5 Å². The van der Waals surface area contributed by atoms with Gasteiger partial charge in [0.1, 0.15) is 5.71 Å². The lowest BCUT2D eigenvalue weighted by molar-refractivity contribution is 0.166. The predicted octanol–water partition coefficient (Wildman–Crippen LogP) is 7.66. The zero-order valence-electron chi connectivity index (χ0n) is 16.8. The summed E-state index contributed by atoms with van der Waals surface area (Å²) in [6, 6.07) is 32.3. The van der Waals surface area contributed by atoms with Gasteiger partial charge in [0.25, 0.3) is 0 Å². The molecule has 0 unspecified atom stereocenters. The largest absolute Gasteiger partial charge is 0.437 e. The molecule has 0 heterocycles. The van der Waals surface area contributed by atoms with Gasteiger partial charge in [0, 0.05) is 16.8 Å². The molecule has 4 aromatic rings. The topological polar surface area (TPSA) is 50.7 Å². The minimum absolute atomic E-state index is 0.330. The van der Waals surface area contributed by atoms with Gasteiger partial charge in [0.05, 0.1) is 10.0 Å². The van der Waals surface area contributed by atoms with E-state index in [1.54, 1.807) is 12.1 Å². The first-order valence-corrected chi connectivity index (χ1v) is 10.6. The molecule has 6 heteroatoms. The first-order valence-electron chi connectivity index (χ1n) is 9.82. The fraction of sp³-hybridized carbons (Fsp3) is 0. The molecule has 1 N–H and O–H groups in total. The third-order valence-corrected chi connectivity index (χ3v) is 5.44. The van der Waals surface area contributed by atoms with Gasteiger partial charge >= 0.3 is 6.09 Å². The summed E-state index contributed by atoms with van der Waals surface area (Å²) in [4.78, 5) is 17.5. The fourth-order valence-corrected chi connectivity index (χ4v) is 3.42. The summed E-state index contributed by atoms with van der Waals surface area (Å²) in [7, 11) is 0. The number of carbonyl (C=O) groups is 1. The van der Waals surface area contributed by atoms with Crippen LogP contribution in [-0.2, 0) is 4.84 Å². The highest BCUT2D eigenvalue weighted by Crippen LogP contribution is 2.25. The van der Waals surface area contributed by atoms with Gasteiger partial charge in [0.15, 0.2) is 0 Å². The van der Waals surface area contributed by atoms with Crippen LogP contribution in [0.3, 0.4) is 0 Å². The summed E-state index contributed by atoms with van der Waals surface area (Å²) in [6.07, 6.45) is -0.738. The highest BCUT2D eigenvalue weighted by Gasteiger charge is 2.11. The van der Waals surface area contributed by atoms with E-state index in [1.807, 2.05) is 72.8 Å². The molecule has 0 aliphatic heterocycles. The first kappa shape index (κ1) is 21.6. The molecule has 0 saturated carbocycles. The van der Waals surface area contributed by atoms with E-state index in [2.05, 4.69) is 22.6 Å². The van der Waals surface area contributed by atoms with Crippen molar-refractivity contribution in [2.24, 2.45) is 5.16 Å². The third-order valence-electron chi connectivity index (χ3n) is 4.70. The summed E-state index contributed by atoms with van der Waals surface area (Å²) in [5.41, 5.74) is 4.83. The lowest BCUT2D eigenvalue weighted by Crippen LogP contribution is -2.13. The van der Waals surface area contributed by atoms with Crippen LogP contribution in [0.1, 0.15) is 11.1 Å². The Morgan fingerprint density at radius 1 is 0.688 bits per heavy atom. The molecular formula is C26H18Cl2N2O2. The van der Waals surface area contributed by atoms with Crippen LogP contribution in [0.25, 0.3) is 11.1 Å². The zero-order valence-corrected chi connectivity index (χ0v) is 18.3. The van der Waals surface area contributed by atoms with Crippen LogP contribution in [-0.4, -0.2) is 11.8 Å². The monoisotopic (exact) mass is 460 g/mol. The molecule has 4 nitrogen and oxygen atoms in total. The van der Waals surface area contributed by atoms with Gasteiger partial charge in [-0.25, -0.2) is 4.79 Å². The number of rotatable bonds is 5. The van der Waals surface area contributed by atoms with E-state index >= 15 is 0 Å². The fourth-order valence-electron chi connectivity index (χ4n) is 3.12. The lowest BCUT2D eigenvalue weighted by atomic mass is 9.99. The number of amides is 1. The average Bonchev–Trinajstić information content (AvgIpc) is 2.83. The normalized spacial score (nSPS) is 11.1. The van der Waals surface area contributed by atoms with E-state index in [0.29, 0.717) is 21.4 Å². The summed E-state index contributed by atoms with van der Waals surface area (Å²) in [5.74, 6) is 0. The number of nitrogens with one attached hydrogen (secondary N) is 1. The molecule has 4 aromatic carbocycles. The van der Waals surface area contributed by atoms with Gasteiger partial charge in [-0.3, -0.25) is 10.2 Å². The molecule has 0 bridgehead atoms. The Bertz CT molecular complexity index is 1240. The molecule has 0 aromatic heterocycles. The Balaban J connectivity index is 1.57. The molecule has 0 spiro atoms. The number of oxime groups is 1. The van der Waals surface area contributed by atoms with E-state index in [9.17, 15) is 4.79 Å². The van der Waals surface area contributed by atoms with Crippen molar-refractivity contribution in [1.82, 2.24) is 0 Å². The average molecular weight is 461 g/mol. The molecule has 158 valence electrons. The van der Waals surface area contributed by atoms with Crippen molar-refractivity contribution in [2.75, 3.05) is 5.32 Å². The first-order chi connectivity index (χ1) is 15.6. The number of nitrogens with zero attached hydrogens (tertiary/aromatic N) is 1. The molecule has 0 saturated heterocycles. The summed E-state index contributed by atoms with van der Waals surface area (Å²) in [5, 5.41) is 7.46. The van der Waals surface area contributed by atoms with Gasteiger partial charge in [-0.1, -0.05) is 113 Å². The van der Waals surface area contributed by atoms with Gasteiger partial charge < -0.3 is 0 Å². The molecule has 0 aliphatic carbocycles. The predicted molar refractivity (Wildman–Crippen MR) is 131 cm³/mol. The van der Waals surface area contributed by atoms with Crippen LogP contribution < -0.4 is 5.32 Å². The molecule has 0 fully saturated rings. The molecule has 32 heavy (non-hydrogen) atoms. The van der Waals surface area contributed by atoms with Crippen molar-refractivity contribution in [3.8, 4) is 11.1 Å². The van der Waals surface area contributed by atoms with Crippen LogP contribution >= 0.6 is 23.2 Å². The van der Waals surface area contributed by atoms with Gasteiger partial charge in [-0.15, -0.1) is 0 Å². The minimum Gasteiger partial charge on any atom is -0.297 e. The zero-order chi connectivity index (χ0) is 22.3. The summed E-state index contributed by atoms with van der Waals surface area (Å²) in [6.45, 7) is 0. The molecule has 0 atom stereocenters. The maximum atomic E-state index is 12.3. The summed E-state index contributed by atoms with van der Waals surface area (Å²) < 4.78 is 0. The molecule has 0 aliphatic rings. The van der Waals surface area contributed by atoms with E-state index in [-0.39, 0.29) is 0 Å². The van der Waals surface area contributed by atoms with Crippen LogP contribution in [0.2, 0.25) is 10.0 Å². The Morgan fingerprint density at radius 3 is 1.94 bits per heavy atom. The van der Waals surface area contributed by atoms with Crippen molar-refractivity contribution in [3.05, 3.63) is 124 Å². The molecule has 4 rings (SSSR count). The SMILES string of the molecule is O=C(Nc1ccc(Cl)c(Cl)c1)O/N=C(\c1ccccc1)c1ccc(-c2ccccc2)cc1. The second-order valence-corrected chi connectivity index (χ2v) is 7.70. The second-order valence-electron chi connectivity index (χ2n) is 6.88. The van der Waals surface area contributed by atoms with Gasteiger partial charge in [-0.2, -0.15) is 0 Å². The quantitative estimate of drug-likeness (QED) is 0.188. The van der Waals surface area contributed by atoms with Gasteiger partial charge in [0.2, 0.25) is 0 Å². The highest BCUT2D eigenvalue weighted by atomic mass is 35.5. The Hall–Kier alpha value is -3.60. The van der Waals surface area contributed by atoms with Crippen molar-refractivity contribution >= 4 is 40.7 Å². The number of halogens is 2. The molecular weight excluding hydrogens is 443 g/mol. The standard InChI is InChI=1S/C26H18Cl2N2O2/c27-23-16-15-22(17-24(23)28)29-26(31)32-30-25(20-9-5-2-6-10-20)21-13-11-19(12-14-21)18-7-3-1-4-8-18/h1-17H,(H,29,31)/b30-25+. The van der Waals surface area contributed by atoms with Gasteiger partial charge in [-0.05, 0) is 29.3 Å².